The zero-order valence-corrected chi connectivity index (χ0v) is 14.2. The lowest BCUT2D eigenvalue weighted by molar-refractivity contribution is -0.410. The van der Waals surface area contributed by atoms with Crippen LogP contribution in [0.1, 0.15) is 18.1 Å². The second kappa shape index (κ2) is 7.69. The van der Waals surface area contributed by atoms with E-state index in [1.54, 1.807) is 31.2 Å². The van der Waals surface area contributed by atoms with Crippen LogP contribution in [-0.2, 0) is 4.79 Å². The lowest BCUT2D eigenvalue weighted by Gasteiger charge is -2.11. The van der Waals surface area contributed by atoms with Crippen LogP contribution in [0.15, 0.2) is 35.4 Å². The highest BCUT2D eigenvalue weighted by Gasteiger charge is 2.21. The van der Waals surface area contributed by atoms with Crippen molar-refractivity contribution in [2.24, 2.45) is 0 Å². The maximum absolute atomic E-state index is 12.3. The third kappa shape index (κ3) is 4.17. The first kappa shape index (κ1) is 17.6. The molecule has 24 heavy (non-hydrogen) atoms. The van der Waals surface area contributed by atoms with E-state index in [1.165, 1.54) is 6.07 Å². The number of aromatic nitrogens is 1. The van der Waals surface area contributed by atoms with Crippen molar-refractivity contribution in [1.29, 1.82) is 10.5 Å². The minimum Gasteiger partial charge on any atom is -0.325 e. The number of nitrogens with one attached hydrogen (secondary N) is 2. The van der Waals surface area contributed by atoms with E-state index in [2.05, 4.69) is 10.3 Å². The highest BCUT2D eigenvalue weighted by Crippen LogP contribution is 2.25. The molecule has 4 N–H and O–H groups in total. The van der Waals surface area contributed by atoms with Gasteiger partial charge < -0.3 is 5.32 Å². The minimum absolute atomic E-state index is 0.154. The highest BCUT2D eigenvalue weighted by atomic mass is 35.5. The summed E-state index contributed by atoms with van der Waals surface area (Å²) in [6.45, 7) is 1.70. The molecule has 0 fully saturated rings. The number of halogens is 1. The van der Waals surface area contributed by atoms with E-state index in [0.29, 0.717) is 15.7 Å². The minimum atomic E-state index is -0.500. The Hall–Kier alpha value is -2.74. The number of hydrogen-bond acceptors (Lipinski definition) is 5. The number of amides is 1. The van der Waals surface area contributed by atoms with Crippen LogP contribution in [0.4, 0.5) is 11.5 Å². The molecule has 0 aliphatic carbocycles. The van der Waals surface area contributed by atoms with E-state index in [0.717, 1.165) is 11.8 Å². The summed E-state index contributed by atoms with van der Waals surface area (Å²) in [6.07, 6.45) is 0. The van der Waals surface area contributed by atoms with Gasteiger partial charge in [-0.1, -0.05) is 29.4 Å². The number of H-pyrrole nitrogens is 1. The fourth-order valence-electron chi connectivity index (χ4n) is 1.85. The summed E-state index contributed by atoms with van der Waals surface area (Å²) in [5, 5.41) is 21.3. The van der Waals surface area contributed by atoms with Gasteiger partial charge in [-0.2, -0.15) is 10.5 Å². The number of nitrogen functional groups attached to an aromatic ring is 1. The molecular formula is C16H13ClN5OS+. The molecule has 1 aromatic heterocycles. The monoisotopic (exact) mass is 358 g/mol. The van der Waals surface area contributed by atoms with Gasteiger partial charge in [0.1, 0.15) is 23.3 Å². The summed E-state index contributed by atoms with van der Waals surface area (Å²) in [5.74, 6) is -0.0936. The third-order valence-electron chi connectivity index (χ3n) is 3.07. The first-order valence-corrected chi connectivity index (χ1v) is 8.09. The lowest BCUT2D eigenvalue weighted by Crippen LogP contribution is -2.25. The number of hydrogen-bond donors (Lipinski definition) is 2. The standard InChI is InChI=1S/C16H12ClN5OS/c1-9(15(23)21-13-4-2-3-12(17)6-13)24-16-11(8-19)5-10(7-18)14(20)22-16/h2-6,9H,1H3,(H2,20,22)(H,21,23)/p+1/t9-/m0/s1. The van der Waals surface area contributed by atoms with E-state index in [9.17, 15) is 10.1 Å². The van der Waals surface area contributed by atoms with E-state index in [-0.39, 0.29) is 22.9 Å². The molecule has 1 atom stereocenters. The molecule has 0 aliphatic heterocycles. The Kier molecular flexibility index (Phi) is 5.64. The molecule has 0 radical (unpaired) electrons. The molecule has 1 amide bonds. The fraction of sp³-hybridized carbons (Fsp3) is 0.125. The van der Waals surface area contributed by atoms with Crippen LogP contribution < -0.4 is 16.0 Å². The second-order valence-electron chi connectivity index (χ2n) is 4.82. The van der Waals surface area contributed by atoms with Crippen molar-refractivity contribution in [2.45, 2.75) is 17.2 Å². The molecular weight excluding hydrogens is 346 g/mol. The number of carbonyl (C=O) groups excluding carboxylic acids is 1. The molecule has 2 rings (SSSR count). The number of rotatable bonds is 4. The van der Waals surface area contributed by atoms with Gasteiger partial charge in [-0.25, -0.2) is 4.98 Å². The van der Waals surface area contributed by atoms with Crippen LogP contribution in [0.2, 0.25) is 5.02 Å². The van der Waals surface area contributed by atoms with Crippen LogP contribution in [0.3, 0.4) is 0 Å². The van der Waals surface area contributed by atoms with Gasteiger partial charge in [0.25, 0.3) is 5.82 Å². The zero-order chi connectivity index (χ0) is 17.7. The first-order chi connectivity index (χ1) is 11.4. The number of benzene rings is 1. The van der Waals surface area contributed by atoms with E-state index >= 15 is 0 Å². The van der Waals surface area contributed by atoms with Gasteiger partial charge in [-0.15, -0.1) is 0 Å². The summed E-state index contributed by atoms with van der Waals surface area (Å²) in [4.78, 5) is 15.1. The quantitative estimate of drug-likeness (QED) is 0.814. The van der Waals surface area contributed by atoms with Gasteiger partial charge in [0, 0.05) is 10.7 Å². The fourth-order valence-corrected chi connectivity index (χ4v) is 2.96. The van der Waals surface area contributed by atoms with Gasteiger partial charge >= 0.3 is 0 Å². The summed E-state index contributed by atoms with van der Waals surface area (Å²) >= 11 is 7.03. The number of carbonyl (C=O) groups is 1. The predicted molar refractivity (Wildman–Crippen MR) is 92.2 cm³/mol. The molecule has 0 saturated carbocycles. The number of thioether (sulfide) groups is 1. The molecule has 1 heterocycles. The molecule has 0 bridgehead atoms. The van der Waals surface area contributed by atoms with Crippen LogP contribution in [0, 0.1) is 22.7 Å². The Labute approximate surface area is 148 Å². The molecule has 120 valence electrons. The van der Waals surface area contributed by atoms with E-state index < -0.39 is 5.25 Å². The largest absolute Gasteiger partial charge is 0.325 e. The Balaban J connectivity index is 2.16. The van der Waals surface area contributed by atoms with E-state index in [1.807, 2.05) is 12.1 Å². The van der Waals surface area contributed by atoms with Crippen molar-refractivity contribution in [1.82, 2.24) is 0 Å². The van der Waals surface area contributed by atoms with Crippen molar-refractivity contribution < 1.29 is 9.78 Å². The van der Waals surface area contributed by atoms with Crippen LogP contribution in [-0.4, -0.2) is 11.2 Å². The van der Waals surface area contributed by atoms with Crippen LogP contribution in [0.5, 0.6) is 0 Å². The molecule has 2 aromatic rings. The Morgan fingerprint density at radius 3 is 2.67 bits per heavy atom. The number of anilines is 2. The Morgan fingerprint density at radius 1 is 1.33 bits per heavy atom. The normalized spacial score (nSPS) is 11.2. The highest BCUT2D eigenvalue weighted by molar-refractivity contribution is 8.00. The lowest BCUT2D eigenvalue weighted by atomic mass is 10.2. The number of nitrogens with zero attached hydrogens (tertiary/aromatic N) is 2. The van der Waals surface area contributed by atoms with Crippen molar-refractivity contribution in [3.8, 4) is 12.1 Å². The average molecular weight is 359 g/mol. The summed E-state index contributed by atoms with van der Waals surface area (Å²) in [7, 11) is 0. The van der Waals surface area contributed by atoms with Crippen molar-refractivity contribution in [2.75, 3.05) is 11.1 Å². The van der Waals surface area contributed by atoms with Crippen LogP contribution in [0.25, 0.3) is 0 Å². The van der Waals surface area contributed by atoms with Gasteiger partial charge in [0.15, 0.2) is 5.03 Å². The molecule has 8 heteroatoms. The van der Waals surface area contributed by atoms with E-state index in [4.69, 9.17) is 22.6 Å². The average Bonchev–Trinajstić information content (AvgIpc) is 2.55. The Morgan fingerprint density at radius 2 is 2.04 bits per heavy atom. The summed E-state index contributed by atoms with van der Waals surface area (Å²) < 4.78 is 0. The maximum Gasteiger partial charge on any atom is 0.289 e. The topological polar surface area (TPSA) is 117 Å². The molecule has 0 saturated heterocycles. The van der Waals surface area contributed by atoms with Crippen LogP contribution >= 0.6 is 23.4 Å². The van der Waals surface area contributed by atoms with Crippen molar-refractivity contribution in [3.05, 3.63) is 46.5 Å². The smallest absolute Gasteiger partial charge is 0.289 e. The SMILES string of the molecule is C[C@H](Sc1[nH+]c(N)c(C#N)cc1C#N)C(=O)Nc1cccc(Cl)c1. The maximum atomic E-state index is 12.3. The second-order valence-corrected chi connectivity index (χ2v) is 6.61. The summed E-state index contributed by atoms with van der Waals surface area (Å²) in [5.41, 5.74) is 6.76. The molecule has 0 unspecified atom stereocenters. The van der Waals surface area contributed by atoms with Crippen molar-refractivity contribution >= 4 is 40.8 Å². The van der Waals surface area contributed by atoms with Gasteiger partial charge in [0.05, 0.1) is 5.25 Å². The molecule has 6 nitrogen and oxygen atoms in total. The zero-order valence-electron chi connectivity index (χ0n) is 12.6. The molecule has 0 aliphatic rings. The van der Waals surface area contributed by atoms with Gasteiger partial charge in [-0.3, -0.25) is 10.5 Å². The van der Waals surface area contributed by atoms with Gasteiger partial charge in [-0.05, 0) is 31.2 Å². The predicted octanol–water partition coefficient (Wildman–Crippen LogP) is 2.60. The van der Waals surface area contributed by atoms with Crippen molar-refractivity contribution in [3.63, 3.8) is 0 Å². The Bertz CT molecular complexity index is 872. The first-order valence-electron chi connectivity index (χ1n) is 6.83. The summed E-state index contributed by atoms with van der Waals surface area (Å²) in [6, 6.07) is 12.1. The number of aromatic amines is 1. The number of pyridine rings is 1. The third-order valence-corrected chi connectivity index (χ3v) is 4.43. The molecule has 1 aromatic carbocycles. The number of nitriles is 2. The molecule has 0 spiro atoms. The van der Waals surface area contributed by atoms with Gasteiger partial charge in [0.2, 0.25) is 5.91 Å². The number of nitrogens with two attached hydrogens (primary N) is 1.